The zero-order valence-corrected chi connectivity index (χ0v) is 18.3. The second-order valence-electron chi connectivity index (χ2n) is 8.89. The molecule has 0 aromatic heterocycles. The zero-order chi connectivity index (χ0) is 22.0. The second kappa shape index (κ2) is 8.99. The number of carbonyl (C=O) groups is 1. The quantitative estimate of drug-likeness (QED) is 0.681. The van der Waals surface area contributed by atoms with Gasteiger partial charge in [0.15, 0.2) is 0 Å². The van der Waals surface area contributed by atoms with Gasteiger partial charge in [0.1, 0.15) is 11.4 Å². The van der Waals surface area contributed by atoms with E-state index in [1.807, 2.05) is 56.3 Å². The number of amides is 1. The Kier molecular flexibility index (Phi) is 6.32. The maximum absolute atomic E-state index is 11.5. The van der Waals surface area contributed by atoms with Crippen LogP contribution in [-0.4, -0.2) is 46.3 Å². The van der Waals surface area contributed by atoms with Crippen LogP contribution in [0.2, 0.25) is 0 Å². The van der Waals surface area contributed by atoms with E-state index >= 15 is 0 Å². The summed E-state index contributed by atoms with van der Waals surface area (Å²) in [6.07, 6.45) is 1.62. The van der Waals surface area contributed by atoms with E-state index in [9.17, 15) is 15.0 Å². The highest BCUT2D eigenvalue weighted by atomic mass is 16.5. The van der Waals surface area contributed by atoms with Crippen LogP contribution in [0.3, 0.4) is 0 Å². The fourth-order valence-electron chi connectivity index (χ4n) is 4.60. The molecular weight excluding hydrogens is 392 g/mol. The first-order valence-corrected chi connectivity index (χ1v) is 11.2. The minimum atomic E-state index is -0.591. The predicted molar refractivity (Wildman–Crippen MR) is 120 cm³/mol. The summed E-state index contributed by atoms with van der Waals surface area (Å²) < 4.78 is 6.39. The van der Waals surface area contributed by atoms with E-state index in [1.165, 1.54) is 0 Å². The lowest BCUT2D eigenvalue weighted by atomic mass is 9.81. The van der Waals surface area contributed by atoms with E-state index in [2.05, 4.69) is 10.2 Å². The fraction of sp³-hybridized carbons (Fsp3) is 0.480. The van der Waals surface area contributed by atoms with Crippen LogP contribution in [0.4, 0.5) is 5.69 Å². The summed E-state index contributed by atoms with van der Waals surface area (Å²) in [5, 5.41) is 24.2. The number of hydrogen-bond donors (Lipinski definition) is 3. The van der Waals surface area contributed by atoms with Crippen LogP contribution in [0.25, 0.3) is 0 Å². The molecule has 2 heterocycles. The Morgan fingerprint density at radius 2 is 1.94 bits per heavy atom. The summed E-state index contributed by atoms with van der Waals surface area (Å²) in [7, 11) is 0. The molecule has 6 nitrogen and oxygen atoms in total. The molecule has 2 unspecified atom stereocenters. The van der Waals surface area contributed by atoms with Gasteiger partial charge in [0.25, 0.3) is 0 Å². The van der Waals surface area contributed by atoms with Crippen LogP contribution in [0.1, 0.15) is 61.5 Å². The third-order valence-electron chi connectivity index (χ3n) is 6.51. The Hall–Kier alpha value is -2.41. The van der Waals surface area contributed by atoms with Gasteiger partial charge >= 0.3 is 0 Å². The number of aliphatic hydroxyl groups excluding tert-OH is 2. The maximum Gasteiger partial charge on any atom is 0.224 e. The lowest BCUT2D eigenvalue weighted by Crippen LogP contribution is -2.51. The first-order chi connectivity index (χ1) is 14.9. The largest absolute Gasteiger partial charge is 0.487 e. The smallest absolute Gasteiger partial charge is 0.224 e. The molecule has 31 heavy (non-hydrogen) atoms. The third kappa shape index (κ3) is 4.92. The number of benzene rings is 2. The second-order valence-corrected chi connectivity index (χ2v) is 8.89. The zero-order valence-electron chi connectivity index (χ0n) is 18.3. The SMILES string of the molecule is CCC(=O)Nc1ccc(C(O)CN2CCC3(CC2)CC(O)c2cc(C)ccc2O3)cc1. The molecular formula is C25H32N2O4. The number of β-amino-alcohol motifs (C(OH)–C–C–N with tert-alkyl or cyclic N) is 1. The van der Waals surface area contributed by atoms with E-state index in [0.29, 0.717) is 19.4 Å². The van der Waals surface area contributed by atoms with E-state index in [0.717, 1.165) is 54.1 Å². The van der Waals surface area contributed by atoms with Gasteiger partial charge in [-0.05, 0) is 49.6 Å². The first kappa shape index (κ1) is 21.8. The summed E-state index contributed by atoms with van der Waals surface area (Å²) in [6, 6.07) is 13.4. The standard InChI is InChI=1S/C25H32N2O4/c1-3-24(30)26-19-7-5-18(6-8-19)22(29)16-27-12-10-25(11-13-27)15-21(28)20-14-17(2)4-9-23(20)31-25/h4-9,14,21-22,28-29H,3,10-13,15-16H2,1-2H3,(H,26,30). The van der Waals surface area contributed by atoms with Gasteiger partial charge in [0, 0.05) is 43.7 Å². The monoisotopic (exact) mass is 424 g/mol. The lowest BCUT2D eigenvalue weighted by molar-refractivity contribution is -0.115. The summed E-state index contributed by atoms with van der Waals surface area (Å²) in [4.78, 5) is 13.8. The first-order valence-electron chi connectivity index (χ1n) is 11.2. The van der Waals surface area contributed by atoms with Crippen molar-refractivity contribution in [2.24, 2.45) is 0 Å². The number of aryl methyl sites for hydroxylation is 1. The number of nitrogens with zero attached hydrogens (tertiary/aromatic N) is 1. The van der Waals surface area contributed by atoms with Gasteiger partial charge in [0.2, 0.25) is 5.91 Å². The number of fused-ring (bicyclic) bond motifs is 1. The molecule has 1 saturated heterocycles. The number of rotatable bonds is 5. The van der Waals surface area contributed by atoms with Gasteiger partial charge in [-0.3, -0.25) is 4.79 Å². The molecule has 2 aromatic carbocycles. The third-order valence-corrected chi connectivity index (χ3v) is 6.51. The van der Waals surface area contributed by atoms with Crippen molar-refractivity contribution < 1.29 is 19.7 Å². The number of carbonyl (C=O) groups excluding carboxylic acids is 1. The molecule has 2 atom stereocenters. The highest BCUT2D eigenvalue weighted by Gasteiger charge is 2.43. The van der Waals surface area contributed by atoms with Crippen LogP contribution in [0.5, 0.6) is 5.75 Å². The Morgan fingerprint density at radius 3 is 2.61 bits per heavy atom. The number of anilines is 1. The van der Waals surface area contributed by atoms with E-state index < -0.39 is 12.2 Å². The number of piperidine rings is 1. The summed E-state index contributed by atoms with van der Waals surface area (Å²) in [5.74, 6) is 0.774. The van der Waals surface area contributed by atoms with E-state index in [4.69, 9.17) is 4.74 Å². The summed E-state index contributed by atoms with van der Waals surface area (Å²) in [5.41, 5.74) is 3.26. The molecule has 4 rings (SSSR count). The van der Waals surface area contributed by atoms with Crippen molar-refractivity contribution in [3.63, 3.8) is 0 Å². The fourth-order valence-corrected chi connectivity index (χ4v) is 4.60. The van der Waals surface area contributed by atoms with E-state index in [-0.39, 0.29) is 11.5 Å². The van der Waals surface area contributed by atoms with Crippen molar-refractivity contribution in [2.45, 2.75) is 57.3 Å². The normalized spacial score (nSPS) is 21.2. The van der Waals surface area contributed by atoms with E-state index in [1.54, 1.807) is 0 Å². The molecule has 2 aliphatic heterocycles. The molecule has 1 amide bonds. The molecule has 0 radical (unpaired) electrons. The highest BCUT2D eigenvalue weighted by Crippen LogP contribution is 2.44. The Labute approximate surface area is 183 Å². The molecule has 1 fully saturated rings. The van der Waals surface area contributed by atoms with Crippen molar-refractivity contribution in [3.8, 4) is 5.75 Å². The molecule has 2 aromatic rings. The van der Waals surface area contributed by atoms with Gasteiger partial charge in [0.05, 0.1) is 12.2 Å². The maximum atomic E-state index is 11.5. The Balaban J connectivity index is 1.33. The van der Waals surface area contributed by atoms with Crippen molar-refractivity contribution in [2.75, 3.05) is 25.0 Å². The van der Waals surface area contributed by atoms with Crippen LogP contribution in [0, 0.1) is 6.92 Å². The molecule has 3 N–H and O–H groups in total. The summed E-state index contributed by atoms with van der Waals surface area (Å²) in [6.45, 7) is 6.02. The highest BCUT2D eigenvalue weighted by molar-refractivity contribution is 5.90. The number of aliphatic hydroxyl groups is 2. The van der Waals surface area contributed by atoms with Crippen molar-refractivity contribution in [3.05, 3.63) is 59.2 Å². The molecule has 6 heteroatoms. The van der Waals surface area contributed by atoms with Crippen LogP contribution in [0.15, 0.2) is 42.5 Å². The van der Waals surface area contributed by atoms with Crippen molar-refractivity contribution in [1.29, 1.82) is 0 Å². The summed E-state index contributed by atoms with van der Waals surface area (Å²) >= 11 is 0. The molecule has 166 valence electrons. The average molecular weight is 425 g/mol. The molecule has 0 bridgehead atoms. The average Bonchev–Trinajstić information content (AvgIpc) is 2.76. The Bertz CT molecular complexity index is 920. The van der Waals surface area contributed by atoms with Gasteiger partial charge < -0.3 is 25.2 Å². The topological polar surface area (TPSA) is 82.0 Å². The number of ether oxygens (including phenoxy) is 1. The van der Waals surface area contributed by atoms with Crippen LogP contribution in [-0.2, 0) is 4.79 Å². The minimum Gasteiger partial charge on any atom is -0.487 e. The van der Waals surface area contributed by atoms with Crippen molar-refractivity contribution >= 4 is 11.6 Å². The molecule has 0 aliphatic carbocycles. The predicted octanol–water partition coefficient (Wildman–Crippen LogP) is 3.73. The van der Waals surface area contributed by atoms with Crippen LogP contribution >= 0.6 is 0 Å². The lowest BCUT2D eigenvalue weighted by Gasteiger charge is -2.46. The van der Waals surface area contributed by atoms with Gasteiger partial charge in [-0.15, -0.1) is 0 Å². The minimum absolute atomic E-state index is 0.0247. The van der Waals surface area contributed by atoms with Gasteiger partial charge in [-0.2, -0.15) is 0 Å². The molecule has 0 saturated carbocycles. The van der Waals surface area contributed by atoms with Crippen LogP contribution < -0.4 is 10.1 Å². The van der Waals surface area contributed by atoms with Gasteiger partial charge in [-0.25, -0.2) is 0 Å². The molecule has 2 aliphatic rings. The van der Waals surface area contributed by atoms with Gasteiger partial charge in [-0.1, -0.05) is 30.7 Å². The van der Waals surface area contributed by atoms with Crippen molar-refractivity contribution in [1.82, 2.24) is 4.90 Å². The number of hydrogen-bond acceptors (Lipinski definition) is 5. The Morgan fingerprint density at radius 1 is 1.23 bits per heavy atom. The number of likely N-dealkylation sites (tertiary alicyclic amines) is 1. The number of nitrogens with one attached hydrogen (secondary N) is 1. The molecule has 1 spiro atoms.